The zero-order valence-electron chi connectivity index (χ0n) is 13.3. The van der Waals surface area contributed by atoms with Crippen molar-refractivity contribution in [3.05, 3.63) is 90.5 Å². The van der Waals surface area contributed by atoms with E-state index in [1.807, 2.05) is 72.8 Å². The van der Waals surface area contributed by atoms with Gasteiger partial charge in [0.15, 0.2) is 0 Å². The summed E-state index contributed by atoms with van der Waals surface area (Å²) in [5, 5.41) is 3.02. The quantitative estimate of drug-likeness (QED) is 0.515. The number of thioether (sulfide) groups is 1. The maximum atomic E-state index is 12.5. The smallest absolute Gasteiger partial charge is 0.251 e. The van der Waals surface area contributed by atoms with E-state index in [0.29, 0.717) is 12.1 Å². The summed E-state index contributed by atoms with van der Waals surface area (Å²) in [6.07, 6.45) is 0. The normalized spacial score (nSPS) is 10.3. The van der Waals surface area contributed by atoms with E-state index in [1.165, 1.54) is 4.90 Å². The van der Waals surface area contributed by atoms with Crippen LogP contribution < -0.4 is 5.32 Å². The fourth-order valence-electron chi connectivity index (χ4n) is 2.50. The summed E-state index contributed by atoms with van der Waals surface area (Å²) < 4.78 is 0. The number of carbonyl (C=O) groups is 1. The first-order valence-corrected chi connectivity index (χ1v) is 8.93. The molecule has 0 unspecified atom stereocenters. The van der Waals surface area contributed by atoms with Crippen LogP contribution >= 0.6 is 11.8 Å². The predicted molar refractivity (Wildman–Crippen MR) is 101 cm³/mol. The van der Waals surface area contributed by atoms with E-state index in [-0.39, 0.29) is 5.91 Å². The van der Waals surface area contributed by atoms with Gasteiger partial charge in [0.05, 0.1) is 0 Å². The van der Waals surface area contributed by atoms with Crippen molar-refractivity contribution in [2.24, 2.45) is 0 Å². The van der Waals surface area contributed by atoms with Gasteiger partial charge in [-0.1, -0.05) is 66.7 Å². The van der Waals surface area contributed by atoms with E-state index in [1.54, 1.807) is 11.8 Å². The van der Waals surface area contributed by atoms with Crippen LogP contribution in [0.15, 0.2) is 89.8 Å². The Kier molecular flexibility index (Phi) is 5.70. The van der Waals surface area contributed by atoms with Crippen LogP contribution in [0.25, 0.3) is 11.1 Å². The third-order valence-electron chi connectivity index (χ3n) is 3.66. The van der Waals surface area contributed by atoms with E-state index in [2.05, 4.69) is 17.4 Å². The van der Waals surface area contributed by atoms with Crippen LogP contribution in [-0.4, -0.2) is 18.2 Å². The largest absolute Gasteiger partial charge is 0.351 e. The van der Waals surface area contributed by atoms with Crippen molar-refractivity contribution in [3.63, 3.8) is 0 Å². The molecular weight excluding hydrogens is 314 g/mol. The number of hydrogen-bond donors (Lipinski definition) is 1. The zero-order valence-corrected chi connectivity index (χ0v) is 14.1. The number of nitrogens with one attached hydrogen (secondary N) is 1. The highest BCUT2D eigenvalue weighted by Gasteiger charge is 2.11. The van der Waals surface area contributed by atoms with Crippen molar-refractivity contribution in [1.29, 1.82) is 0 Å². The molecule has 1 amide bonds. The Morgan fingerprint density at radius 1 is 0.792 bits per heavy atom. The number of carbonyl (C=O) groups excluding carboxylic acids is 1. The highest BCUT2D eigenvalue weighted by molar-refractivity contribution is 7.99. The number of hydrogen-bond acceptors (Lipinski definition) is 2. The SMILES string of the molecule is O=C(NCCSc1ccccc1)c1ccccc1-c1ccccc1. The van der Waals surface area contributed by atoms with Gasteiger partial charge in [-0.05, 0) is 29.3 Å². The Hall–Kier alpha value is -2.52. The summed E-state index contributed by atoms with van der Waals surface area (Å²) in [5.41, 5.74) is 2.74. The first-order chi connectivity index (χ1) is 11.8. The molecule has 0 aliphatic rings. The van der Waals surface area contributed by atoms with Gasteiger partial charge in [0, 0.05) is 22.8 Å². The molecular formula is C21H19NOS. The topological polar surface area (TPSA) is 29.1 Å². The van der Waals surface area contributed by atoms with Crippen LogP contribution in [-0.2, 0) is 0 Å². The predicted octanol–water partition coefficient (Wildman–Crippen LogP) is 4.88. The second kappa shape index (κ2) is 8.37. The fourth-order valence-corrected chi connectivity index (χ4v) is 3.29. The van der Waals surface area contributed by atoms with E-state index >= 15 is 0 Å². The standard InChI is InChI=1S/C21H19NOS/c23-21(22-15-16-24-18-11-5-2-6-12-18)20-14-8-7-13-19(20)17-9-3-1-4-10-17/h1-14H,15-16H2,(H,22,23). The van der Waals surface area contributed by atoms with Gasteiger partial charge in [0.2, 0.25) is 0 Å². The Morgan fingerprint density at radius 2 is 1.42 bits per heavy atom. The van der Waals surface area contributed by atoms with E-state index in [9.17, 15) is 4.79 Å². The molecule has 0 aliphatic heterocycles. The first-order valence-electron chi connectivity index (χ1n) is 7.95. The molecule has 3 rings (SSSR count). The van der Waals surface area contributed by atoms with Gasteiger partial charge < -0.3 is 5.32 Å². The van der Waals surface area contributed by atoms with E-state index in [4.69, 9.17) is 0 Å². The number of amides is 1. The zero-order chi connectivity index (χ0) is 16.6. The van der Waals surface area contributed by atoms with Gasteiger partial charge in [-0.3, -0.25) is 4.79 Å². The minimum Gasteiger partial charge on any atom is -0.351 e. The molecule has 0 radical (unpaired) electrons. The minimum atomic E-state index is -0.0249. The maximum Gasteiger partial charge on any atom is 0.251 e. The molecule has 0 spiro atoms. The lowest BCUT2D eigenvalue weighted by Gasteiger charge is -2.10. The second-order valence-electron chi connectivity index (χ2n) is 5.33. The molecule has 0 heterocycles. The highest BCUT2D eigenvalue weighted by Crippen LogP contribution is 2.23. The Morgan fingerprint density at radius 3 is 2.17 bits per heavy atom. The third-order valence-corrected chi connectivity index (χ3v) is 4.67. The molecule has 0 atom stereocenters. The Balaban J connectivity index is 1.61. The molecule has 0 aromatic heterocycles. The molecule has 3 heteroatoms. The van der Waals surface area contributed by atoms with Crippen molar-refractivity contribution in [2.75, 3.05) is 12.3 Å². The fraction of sp³-hybridized carbons (Fsp3) is 0.0952. The number of rotatable bonds is 6. The molecule has 0 saturated heterocycles. The van der Waals surface area contributed by atoms with Gasteiger partial charge in [0.1, 0.15) is 0 Å². The van der Waals surface area contributed by atoms with E-state index < -0.39 is 0 Å². The minimum absolute atomic E-state index is 0.0249. The van der Waals surface area contributed by atoms with Crippen LogP contribution in [0.1, 0.15) is 10.4 Å². The molecule has 0 fully saturated rings. The molecule has 3 aromatic rings. The summed E-state index contributed by atoms with van der Waals surface area (Å²) in [6, 6.07) is 28.0. The summed E-state index contributed by atoms with van der Waals surface area (Å²) in [4.78, 5) is 13.7. The summed E-state index contributed by atoms with van der Waals surface area (Å²) >= 11 is 1.74. The van der Waals surface area contributed by atoms with Crippen LogP contribution in [0, 0.1) is 0 Å². The van der Waals surface area contributed by atoms with Crippen LogP contribution in [0.2, 0.25) is 0 Å². The lowest BCUT2D eigenvalue weighted by atomic mass is 9.99. The molecule has 24 heavy (non-hydrogen) atoms. The molecule has 0 bridgehead atoms. The van der Waals surface area contributed by atoms with Gasteiger partial charge in [-0.15, -0.1) is 11.8 Å². The highest BCUT2D eigenvalue weighted by atomic mass is 32.2. The molecule has 3 aromatic carbocycles. The summed E-state index contributed by atoms with van der Waals surface area (Å²) in [7, 11) is 0. The van der Waals surface area contributed by atoms with Gasteiger partial charge in [-0.2, -0.15) is 0 Å². The number of benzene rings is 3. The van der Waals surface area contributed by atoms with Crippen molar-refractivity contribution >= 4 is 17.7 Å². The van der Waals surface area contributed by atoms with Gasteiger partial charge in [-0.25, -0.2) is 0 Å². The summed E-state index contributed by atoms with van der Waals surface area (Å²) in [5.74, 6) is 0.826. The molecule has 0 saturated carbocycles. The van der Waals surface area contributed by atoms with Crippen molar-refractivity contribution in [1.82, 2.24) is 5.32 Å². The van der Waals surface area contributed by atoms with Crippen molar-refractivity contribution in [3.8, 4) is 11.1 Å². The summed E-state index contributed by atoms with van der Waals surface area (Å²) in [6.45, 7) is 0.640. The maximum absolute atomic E-state index is 12.5. The van der Waals surface area contributed by atoms with Crippen molar-refractivity contribution < 1.29 is 4.79 Å². The lowest BCUT2D eigenvalue weighted by Crippen LogP contribution is -2.26. The lowest BCUT2D eigenvalue weighted by molar-refractivity contribution is 0.0957. The van der Waals surface area contributed by atoms with Crippen LogP contribution in [0.3, 0.4) is 0 Å². The van der Waals surface area contributed by atoms with Crippen molar-refractivity contribution in [2.45, 2.75) is 4.90 Å². The van der Waals surface area contributed by atoms with Crippen LogP contribution in [0.5, 0.6) is 0 Å². The van der Waals surface area contributed by atoms with Gasteiger partial charge in [0.25, 0.3) is 5.91 Å². The molecule has 1 N–H and O–H groups in total. The monoisotopic (exact) mass is 333 g/mol. The van der Waals surface area contributed by atoms with E-state index in [0.717, 1.165) is 16.9 Å². The second-order valence-corrected chi connectivity index (χ2v) is 6.50. The Labute approximate surface area is 146 Å². The third kappa shape index (κ3) is 4.27. The average molecular weight is 333 g/mol. The van der Waals surface area contributed by atoms with Crippen LogP contribution in [0.4, 0.5) is 0 Å². The molecule has 2 nitrogen and oxygen atoms in total. The molecule has 0 aliphatic carbocycles. The Bertz CT molecular complexity index is 787. The molecule has 120 valence electrons. The average Bonchev–Trinajstić information content (AvgIpc) is 2.66. The first kappa shape index (κ1) is 16.3. The van der Waals surface area contributed by atoms with Gasteiger partial charge >= 0.3 is 0 Å².